The maximum atomic E-state index is 12.0. The molecule has 0 unspecified atom stereocenters. The molecule has 0 saturated carbocycles. The van der Waals surface area contributed by atoms with Gasteiger partial charge in [0, 0.05) is 35.5 Å². The van der Waals surface area contributed by atoms with Gasteiger partial charge in [0.15, 0.2) is 5.96 Å². The SMILES string of the molecule is CCCCNC(=O)c1ccc(CNC(=NC)NCc2ccc(C)s2)cc1. The molecule has 5 nitrogen and oxygen atoms in total. The third-order valence-corrected chi connectivity index (χ3v) is 4.94. The minimum atomic E-state index is -0.0123. The number of benzene rings is 1. The first kappa shape index (κ1) is 20.0. The Kier molecular flexibility index (Phi) is 8.15. The summed E-state index contributed by atoms with van der Waals surface area (Å²) in [4.78, 5) is 18.8. The fourth-order valence-corrected chi connectivity index (χ4v) is 3.24. The molecule has 0 fully saturated rings. The van der Waals surface area contributed by atoms with Crippen LogP contribution in [0.5, 0.6) is 0 Å². The number of amides is 1. The molecule has 1 aromatic heterocycles. The average molecular weight is 373 g/mol. The van der Waals surface area contributed by atoms with Gasteiger partial charge < -0.3 is 16.0 Å². The van der Waals surface area contributed by atoms with Gasteiger partial charge in [-0.15, -0.1) is 11.3 Å². The van der Waals surface area contributed by atoms with E-state index in [0.717, 1.165) is 37.5 Å². The average Bonchev–Trinajstić information content (AvgIpc) is 3.07. The molecule has 1 aromatic carbocycles. The Morgan fingerprint density at radius 3 is 2.38 bits per heavy atom. The highest BCUT2D eigenvalue weighted by Gasteiger charge is 2.05. The second-order valence-corrected chi connectivity index (χ2v) is 7.47. The Morgan fingerprint density at radius 2 is 1.77 bits per heavy atom. The van der Waals surface area contributed by atoms with E-state index >= 15 is 0 Å². The molecule has 140 valence electrons. The standard InChI is InChI=1S/C20H28N4OS/c1-4-5-12-22-19(25)17-9-7-16(8-10-17)13-23-20(21-3)24-14-18-11-6-15(2)26-18/h6-11H,4-5,12-14H2,1-3H3,(H,22,25)(H2,21,23,24). The van der Waals surface area contributed by atoms with E-state index in [2.05, 4.69) is 46.9 Å². The van der Waals surface area contributed by atoms with Crippen molar-refractivity contribution in [3.63, 3.8) is 0 Å². The second kappa shape index (κ2) is 10.6. The fourth-order valence-electron chi connectivity index (χ4n) is 2.41. The molecule has 0 saturated heterocycles. The number of nitrogens with zero attached hydrogens (tertiary/aromatic N) is 1. The van der Waals surface area contributed by atoms with E-state index in [1.165, 1.54) is 9.75 Å². The molecule has 0 bridgehead atoms. The van der Waals surface area contributed by atoms with Crippen LogP contribution in [0.3, 0.4) is 0 Å². The Morgan fingerprint density at radius 1 is 1.04 bits per heavy atom. The van der Waals surface area contributed by atoms with Crippen molar-refractivity contribution in [2.45, 2.75) is 39.8 Å². The first-order chi connectivity index (χ1) is 12.6. The maximum absolute atomic E-state index is 12.0. The Balaban J connectivity index is 1.79. The summed E-state index contributed by atoms with van der Waals surface area (Å²) < 4.78 is 0. The Labute approximate surface area is 159 Å². The highest BCUT2D eigenvalue weighted by atomic mass is 32.1. The van der Waals surface area contributed by atoms with Gasteiger partial charge >= 0.3 is 0 Å². The number of hydrogen-bond donors (Lipinski definition) is 3. The van der Waals surface area contributed by atoms with E-state index in [4.69, 9.17) is 0 Å². The van der Waals surface area contributed by atoms with Crippen molar-refractivity contribution < 1.29 is 4.79 Å². The van der Waals surface area contributed by atoms with E-state index in [9.17, 15) is 4.79 Å². The predicted octanol–water partition coefficient (Wildman–Crippen LogP) is 3.45. The summed E-state index contributed by atoms with van der Waals surface area (Å²) in [6.07, 6.45) is 2.08. The van der Waals surface area contributed by atoms with E-state index in [1.807, 2.05) is 24.3 Å². The van der Waals surface area contributed by atoms with Crippen LogP contribution in [-0.4, -0.2) is 25.5 Å². The maximum Gasteiger partial charge on any atom is 0.251 e. The summed E-state index contributed by atoms with van der Waals surface area (Å²) in [6.45, 7) is 6.35. The molecular formula is C20H28N4OS. The Hall–Kier alpha value is -2.34. The van der Waals surface area contributed by atoms with Crippen LogP contribution in [0.25, 0.3) is 0 Å². The summed E-state index contributed by atoms with van der Waals surface area (Å²) in [5.74, 6) is 0.749. The summed E-state index contributed by atoms with van der Waals surface area (Å²) in [5.41, 5.74) is 1.80. The van der Waals surface area contributed by atoms with Gasteiger partial charge in [-0.1, -0.05) is 25.5 Å². The lowest BCUT2D eigenvalue weighted by molar-refractivity contribution is 0.0953. The van der Waals surface area contributed by atoms with Crippen LogP contribution in [0.4, 0.5) is 0 Å². The third-order valence-electron chi connectivity index (χ3n) is 3.94. The first-order valence-corrected chi connectivity index (χ1v) is 9.81. The second-order valence-electron chi connectivity index (χ2n) is 6.10. The molecule has 0 spiro atoms. The molecule has 2 aromatic rings. The van der Waals surface area contributed by atoms with Gasteiger partial charge in [-0.2, -0.15) is 0 Å². The van der Waals surface area contributed by atoms with Crippen molar-refractivity contribution in [3.8, 4) is 0 Å². The van der Waals surface area contributed by atoms with Gasteiger partial charge in [0.25, 0.3) is 5.91 Å². The van der Waals surface area contributed by atoms with Crippen LogP contribution in [0.15, 0.2) is 41.4 Å². The number of carbonyl (C=O) groups is 1. The lowest BCUT2D eigenvalue weighted by Crippen LogP contribution is -2.36. The van der Waals surface area contributed by atoms with Crippen molar-refractivity contribution in [2.24, 2.45) is 4.99 Å². The first-order valence-electron chi connectivity index (χ1n) is 8.99. The van der Waals surface area contributed by atoms with Gasteiger partial charge in [-0.3, -0.25) is 9.79 Å². The van der Waals surface area contributed by atoms with Gasteiger partial charge in [-0.25, -0.2) is 0 Å². The van der Waals surface area contributed by atoms with Crippen LogP contribution >= 0.6 is 11.3 Å². The van der Waals surface area contributed by atoms with Crippen molar-refractivity contribution in [1.29, 1.82) is 0 Å². The number of thiophene rings is 1. The van der Waals surface area contributed by atoms with E-state index in [1.54, 1.807) is 18.4 Å². The minimum absolute atomic E-state index is 0.0123. The number of guanidine groups is 1. The molecule has 3 N–H and O–H groups in total. The van der Waals surface area contributed by atoms with Gasteiger partial charge in [-0.05, 0) is 43.2 Å². The lowest BCUT2D eigenvalue weighted by atomic mass is 10.1. The number of aryl methyl sites for hydroxylation is 1. The molecular weight excluding hydrogens is 344 g/mol. The predicted molar refractivity (Wildman–Crippen MR) is 110 cm³/mol. The molecule has 2 rings (SSSR count). The molecule has 26 heavy (non-hydrogen) atoms. The minimum Gasteiger partial charge on any atom is -0.352 e. The normalized spacial score (nSPS) is 11.3. The zero-order valence-electron chi connectivity index (χ0n) is 15.8. The fraction of sp³-hybridized carbons (Fsp3) is 0.400. The molecule has 0 radical (unpaired) electrons. The summed E-state index contributed by atoms with van der Waals surface area (Å²) in [5, 5.41) is 9.54. The van der Waals surface area contributed by atoms with Crippen molar-refractivity contribution in [1.82, 2.24) is 16.0 Å². The van der Waals surface area contributed by atoms with Crippen molar-refractivity contribution in [2.75, 3.05) is 13.6 Å². The largest absolute Gasteiger partial charge is 0.352 e. The molecule has 0 atom stereocenters. The monoisotopic (exact) mass is 372 g/mol. The molecule has 1 heterocycles. The van der Waals surface area contributed by atoms with Gasteiger partial charge in [0.2, 0.25) is 0 Å². The molecule has 1 amide bonds. The Bertz CT molecular complexity index is 722. The zero-order valence-corrected chi connectivity index (χ0v) is 16.6. The van der Waals surface area contributed by atoms with E-state index in [-0.39, 0.29) is 5.91 Å². The number of nitrogens with one attached hydrogen (secondary N) is 3. The number of carbonyl (C=O) groups excluding carboxylic acids is 1. The van der Waals surface area contributed by atoms with E-state index < -0.39 is 0 Å². The lowest BCUT2D eigenvalue weighted by Gasteiger charge is -2.11. The van der Waals surface area contributed by atoms with Crippen molar-refractivity contribution in [3.05, 3.63) is 57.3 Å². The number of hydrogen-bond acceptors (Lipinski definition) is 3. The summed E-state index contributed by atoms with van der Waals surface area (Å²) in [6, 6.07) is 11.9. The smallest absolute Gasteiger partial charge is 0.251 e. The van der Waals surface area contributed by atoms with Crippen LogP contribution < -0.4 is 16.0 Å². The topological polar surface area (TPSA) is 65.5 Å². The van der Waals surface area contributed by atoms with Crippen LogP contribution in [0, 0.1) is 6.92 Å². The van der Waals surface area contributed by atoms with E-state index in [0.29, 0.717) is 12.1 Å². The molecule has 0 aliphatic heterocycles. The molecule has 0 aliphatic carbocycles. The number of rotatable bonds is 8. The number of unbranched alkanes of at least 4 members (excludes halogenated alkanes) is 1. The highest BCUT2D eigenvalue weighted by Crippen LogP contribution is 2.14. The van der Waals surface area contributed by atoms with Gasteiger partial charge in [0.05, 0.1) is 6.54 Å². The van der Waals surface area contributed by atoms with Crippen LogP contribution in [0.1, 0.15) is 45.4 Å². The van der Waals surface area contributed by atoms with Crippen molar-refractivity contribution >= 4 is 23.2 Å². The number of aliphatic imine (C=N–C) groups is 1. The summed E-state index contributed by atoms with van der Waals surface area (Å²) in [7, 11) is 1.76. The zero-order chi connectivity index (χ0) is 18.8. The highest BCUT2D eigenvalue weighted by molar-refractivity contribution is 7.11. The molecule has 6 heteroatoms. The summed E-state index contributed by atoms with van der Waals surface area (Å²) >= 11 is 1.78. The van der Waals surface area contributed by atoms with Gasteiger partial charge in [0.1, 0.15) is 0 Å². The molecule has 0 aliphatic rings. The quantitative estimate of drug-likeness (QED) is 0.378. The van der Waals surface area contributed by atoms with Crippen LogP contribution in [-0.2, 0) is 13.1 Å². The van der Waals surface area contributed by atoms with Crippen LogP contribution in [0.2, 0.25) is 0 Å². The third kappa shape index (κ3) is 6.52.